The zero-order valence-electron chi connectivity index (χ0n) is 15.0. The molecule has 3 aromatic carbocycles. The molecule has 0 N–H and O–H groups in total. The summed E-state index contributed by atoms with van der Waals surface area (Å²) >= 11 is 0. The van der Waals surface area contributed by atoms with Crippen molar-refractivity contribution in [2.45, 2.75) is 6.92 Å². The van der Waals surface area contributed by atoms with Crippen LogP contribution in [0.4, 0.5) is 0 Å². The van der Waals surface area contributed by atoms with Crippen LogP contribution in [-0.4, -0.2) is 19.0 Å². The Morgan fingerprint density at radius 1 is 0.815 bits per heavy atom. The lowest BCUT2D eigenvalue weighted by Crippen LogP contribution is -2.10. The number of methoxy groups -OCH3 is 1. The van der Waals surface area contributed by atoms with Gasteiger partial charge in [-0.05, 0) is 48.7 Å². The lowest BCUT2D eigenvalue weighted by atomic mass is 10.0. The summed E-state index contributed by atoms with van der Waals surface area (Å²) < 4.78 is 15.9. The highest BCUT2D eigenvalue weighted by atomic mass is 16.5. The van der Waals surface area contributed by atoms with Gasteiger partial charge in [0.05, 0.1) is 12.7 Å². The van der Waals surface area contributed by atoms with Crippen LogP contribution in [0, 0.1) is 0 Å². The van der Waals surface area contributed by atoms with Gasteiger partial charge >= 0.3 is 11.9 Å². The van der Waals surface area contributed by atoms with Crippen molar-refractivity contribution in [3.63, 3.8) is 0 Å². The summed E-state index contributed by atoms with van der Waals surface area (Å²) in [7, 11) is 1.59. The van der Waals surface area contributed by atoms with Crippen LogP contribution in [-0.2, 0) is 4.79 Å². The molecule has 136 valence electrons. The standard InChI is InChI=1S/C22H18O5/c1-14(2)21(23)26-15-8-10-16(11-9-15)27-22(24)19-12-13-20(25-3)18-7-5-4-6-17(18)19/h4-13H,1H2,2-3H3. The Kier molecular flexibility index (Phi) is 5.22. The molecular formula is C22H18O5. The average molecular weight is 362 g/mol. The largest absolute Gasteiger partial charge is 0.496 e. The Labute approximate surface area is 156 Å². The summed E-state index contributed by atoms with van der Waals surface area (Å²) in [6, 6.07) is 17.1. The van der Waals surface area contributed by atoms with Crippen LogP contribution in [0.1, 0.15) is 17.3 Å². The first kappa shape index (κ1) is 18.2. The van der Waals surface area contributed by atoms with E-state index in [4.69, 9.17) is 14.2 Å². The van der Waals surface area contributed by atoms with Gasteiger partial charge in [0, 0.05) is 11.0 Å². The van der Waals surface area contributed by atoms with E-state index >= 15 is 0 Å². The summed E-state index contributed by atoms with van der Waals surface area (Å²) in [6.45, 7) is 5.09. The van der Waals surface area contributed by atoms with Crippen molar-refractivity contribution in [1.82, 2.24) is 0 Å². The molecule has 5 nitrogen and oxygen atoms in total. The zero-order chi connectivity index (χ0) is 19.4. The highest BCUT2D eigenvalue weighted by Gasteiger charge is 2.15. The molecule has 0 aliphatic heterocycles. The van der Waals surface area contributed by atoms with Crippen LogP contribution >= 0.6 is 0 Å². The number of carbonyl (C=O) groups is 2. The molecule has 0 fully saturated rings. The van der Waals surface area contributed by atoms with Gasteiger partial charge in [-0.15, -0.1) is 0 Å². The SMILES string of the molecule is C=C(C)C(=O)Oc1ccc(OC(=O)c2ccc(OC)c3ccccc23)cc1. The summed E-state index contributed by atoms with van der Waals surface area (Å²) in [5.74, 6) is 0.378. The fourth-order valence-corrected chi connectivity index (χ4v) is 2.56. The summed E-state index contributed by atoms with van der Waals surface area (Å²) in [4.78, 5) is 24.1. The second-order valence-corrected chi connectivity index (χ2v) is 5.89. The van der Waals surface area contributed by atoms with Gasteiger partial charge in [0.15, 0.2) is 0 Å². The second kappa shape index (κ2) is 7.74. The van der Waals surface area contributed by atoms with Crippen molar-refractivity contribution in [1.29, 1.82) is 0 Å². The summed E-state index contributed by atoms with van der Waals surface area (Å²) in [5.41, 5.74) is 0.737. The van der Waals surface area contributed by atoms with Gasteiger partial charge in [0.1, 0.15) is 17.2 Å². The molecule has 0 bridgehead atoms. The topological polar surface area (TPSA) is 61.8 Å². The molecule has 3 rings (SSSR count). The lowest BCUT2D eigenvalue weighted by Gasteiger charge is -2.10. The van der Waals surface area contributed by atoms with Crippen LogP contribution < -0.4 is 14.2 Å². The van der Waals surface area contributed by atoms with Crippen LogP contribution in [0.2, 0.25) is 0 Å². The molecule has 0 aromatic heterocycles. The third-order valence-corrected chi connectivity index (χ3v) is 3.92. The Balaban J connectivity index is 1.81. The number of hydrogen-bond donors (Lipinski definition) is 0. The van der Waals surface area contributed by atoms with E-state index < -0.39 is 11.9 Å². The third kappa shape index (κ3) is 3.98. The number of hydrogen-bond acceptors (Lipinski definition) is 5. The second-order valence-electron chi connectivity index (χ2n) is 5.89. The first-order valence-electron chi connectivity index (χ1n) is 8.25. The van der Waals surface area contributed by atoms with E-state index in [1.807, 2.05) is 24.3 Å². The lowest BCUT2D eigenvalue weighted by molar-refractivity contribution is -0.130. The van der Waals surface area contributed by atoms with E-state index in [0.29, 0.717) is 28.4 Å². The fraction of sp³-hybridized carbons (Fsp3) is 0.0909. The number of rotatable bonds is 5. The molecule has 0 saturated carbocycles. The van der Waals surface area contributed by atoms with Gasteiger partial charge in [-0.2, -0.15) is 0 Å². The van der Waals surface area contributed by atoms with Gasteiger partial charge in [-0.3, -0.25) is 0 Å². The Morgan fingerprint density at radius 2 is 1.41 bits per heavy atom. The minimum Gasteiger partial charge on any atom is -0.496 e. The molecule has 0 aliphatic rings. The molecular weight excluding hydrogens is 344 g/mol. The van der Waals surface area contributed by atoms with E-state index in [1.165, 1.54) is 0 Å². The molecule has 0 aliphatic carbocycles. The molecule has 0 spiro atoms. The zero-order valence-corrected chi connectivity index (χ0v) is 15.0. The molecule has 0 unspecified atom stereocenters. The number of carbonyl (C=O) groups excluding carboxylic acids is 2. The molecule has 5 heteroatoms. The molecule has 0 heterocycles. The predicted octanol–water partition coefficient (Wildman–Crippen LogP) is 4.55. The van der Waals surface area contributed by atoms with E-state index in [-0.39, 0.29) is 0 Å². The third-order valence-electron chi connectivity index (χ3n) is 3.92. The summed E-state index contributed by atoms with van der Waals surface area (Å²) in [5, 5.41) is 1.57. The molecule has 0 saturated heterocycles. The van der Waals surface area contributed by atoms with Crippen molar-refractivity contribution < 1.29 is 23.8 Å². The average Bonchev–Trinajstić information content (AvgIpc) is 2.68. The minimum atomic E-state index is -0.510. The molecule has 27 heavy (non-hydrogen) atoms. The van der Waals surface area contributed by atoms with Gasteiger partial charge in [-0.25, -0.2) is 9.59 Å². The van der Waals surface area contributed by atoms with Crippen molar-refractivity contribution in [3.8, 4) is 17.2 Å². The maximum atomic E-state index is 12.6. The Morgan fingerprint density at radius 3 is 2.00 bits per heavy atom. The molecule has 0 amide bonds. The van der Waals surface area contributed by atoms with Gasteiger partial charge in [0.2, 0.25) is 0 Å². The van der Waals surface area contributed by atoms with E-state index in [2.05, 4.69) is 6.58 Å². The van der Waals surface area contributed by atoms with Crippen LogP contribution in [0.25, 0.3) is 10.8 Å². The molecule has 0 atom stereocenters. The first-order valence-corrected chi connectivity index (χ1v) is 8.25. The maximum absolute atomic E-state index is 12.6. The number of benzene rings is 3. The van der Waals surface area contributed by atoms with Gasteiger partial charge < -0.3 is 14.2 Å². The van der Waals surface area contributed by atoms with Crippen LogP contribution in [0.3, 0.4) is 0 Å². The quantitative estimate of drug-likeness (QED) is 0.379. The van der Waals surface area contributed by atoms with Crippen LogP contribution in [0.5, 0.6) is 17.2 Å². The number of esters is 2. The predicted molar refractivity (Wildman–Crippen MR) is 102 cm³/mol. The van der Waals surface area contributed by atoms with Crippen LogP contribution in [0.15, 0.2) is 72.8 Å². The smallest absolute Gasteiger partial charge is 0.344 e. The van der Waals surface area contributed by atoms with E-state index in [1.54, 1.807) is 50.4 Å². The maximum Gasteiger partial charge on any atom is 0.344 e. The van der Waals surface area contributed by atoms with Crippen molar-refractivity contribution in [3.05, 3.63) is 78.4 Å². The van der Waals surface area contributed by atoms with Crippen molar-refractivity contribution in [2.75, 3.05) is 7.11 Å². The highest BCUT2D eigenvalue weighted by molar-refractivity contribution is 6.07. The highest BCUT2D eigenvalue weighted by Crippen LogP contribution is 2.29. The first-order chi connectivity index (χ1) is 13.0. The van der Waals surface area contributed by atoms with E-state index in [0.717, 1.165) is 10.8 Å². The van der Waals surface area contributed by atoms with Gasteiger partial charge in [-0.1, -0.05) is 30.8 Å². The molecule has 0 radical (unpaired) electrons. The number of fused-ring (bicyclic) bond motifs is 1. The normalized spacial score (nSPS) is 10.3. The minimum absolute atomic E-state index is 0.303. The monoisotopic (exact) mass is 362 g/mol. The number of ether oxygens (including phenoxy) is 3. The van der Waals surface area contributed by atoms with Gasteiger partial charge in [0.25, 0.3) is 0 Å². The Bertz CT molecular complexity index is 1020. The fourth-order valence-electron chi connectivity index (χ4n) is 2.56. The molecule has 3 aromatic rings. The Hall–Kier alpha value is -3.60. The van der Waals surface area contributed by atoms with E-state index in [9.17, 15) is 9.59 Å². The summed E-state index contributed by atoms with van der Waals surface area (Å²) in [6.07, 6.45) is 0. The van der Waals surface area contributed by atoms with Crippen molar-refractivity contribution >= 4 is 22.7 Å². The van der Waals surface area contributed by atoms with Crippen molar-refractivity contribution in [2.24, 2.45) is 0 Å².